The van der Waals surface area contributed by atoms with Crippen molar-refractivity contribution in [1.29, 1.82) is 0 Å². The molecular formula is C11H15Br2N3O. The highest BCUT2D eigenvalue weighted by atomic mass is 79.9. The van der Waals surface area contributed by atoms with E-state index in [1.165, 1.54) is 6.42 Å². The van der Waals surface area contributed by atoms with Crippen molar-refractivity contribution < 1.29 is 4.79 Å². The fourth-order valence-electron chi connectivity index (χ4n) is 2.27. The van der Waals surface area contributed by atoms with Gasteiger partial charge in [-0.2, -0.15) is 0 Å². The predicted octanol–water partition coefficient (Wildman–Crippen LogP) is 2.67. The van der Waals surface area contributed by atoms with Crippen molar-refractivity contribution in [3.05, 3.63) is 15.5 Å². The molecule has 1 amide bonds. The van der Waals surface area contributed by atoms with E-state index in [0.717, 1.165) is 35.4 Å². The van der Waals surface area contributed by atoms with E-state index < -0.39 is 0 Å². The van der Waals surface area contributed by atoms with Crippen LogP contribution in [-0.2, 0) is 11.3 Å². The van der Waals surface area contributed by atoms with Gasteiger partial charge in [0.05, 0.1) is 0 Å². The average molecular weight is 365 g/mol. The van der Waals surface area contributed by atoms with Gasteiger partial charge in [-0.15, -0.1) is 0 Å². The number of amides is 1. The summed E-state index contributed by atoms with van der Waals surface area (Å²) in [7, 11) is 0. The van der Waals surface area contributed by atoms with Crippen LogP contribution in [0, 0.1) is 5.92 Å². The molecule has 1 aromatic heterocycles. The van der Waals surface area contributed by atoms with Crippen LogP contribution < -0.4 is 0 Å². The smallest absolute Gasteiger partial charge is 0.219 e. The minimum Gasteiger partial charge on any atom is -0.343 e. The molecule has 94 valence electrons. The van der Waals surface area contributed by atoms with Crippen molar-refractivity contribution in [3.8, 4) is 0 Å². The van der Waals surface area contributed by atoms with Crippen molar-refractivity contribution in [2.45, 2.75) is 26.3 Å². The van der Waals surface area contributed by atoms with Gasteiger partial charge in [0.1, 0.15) is 4.60 Å². The number of hydrogen-bond acceptors (Lipinski definition) is 2. The molecule has 2 heterocycles. The highest BCUT2D eigenvalue weighted by Gasteiger charge is 2.22. The van der Waals surface area contributed by atoms with Crippen molar-refractivity contribution >= 4 is 37.8 Å². The maximum Gasteiger partial charge on any atom is 0.219 e. The van der Waals surface area contributed by atoms with Gasteiger partial charge >= 0.3 is 0 Å². The first-order valence-electron chi connectivity index (χ1n) is 5.70. The van der Waals surface area contributed by atoms with Crippen LogP contribution in [0.3, 0.4) is 0 Å². The van der Waals surface area contributed by atoms with E-state index in [9.17, 15) is 4.79 Å². The highest BCUT2D eigenvalue weighted by Crippen LogP contribution is 2.22. The predicted molar refractivity (Wildman–Crippen MR) is 72.6 cm³/mol. The zero-order valence-corrected chi connectivity index (χ0v) is 12.9. The number of likely N-dealkylation sites (tertiary alicyclic amines) is 1. The Balaban J connectivity index is 1.99. The second-order valence-electron chi connectivity index (χ2n) is 4.46. The first-order valence-corrected chi connectivity index (χ1v) is 7.28. The number of nitrogens with zero attached hydrogens (tertiary/aromatic N) is 3. The molecule has 0 spiro atoms. The maximum absolute atomic E-state index is 11.4. The molecule has 0 N–H and O–H groups in total. The zero-order valence-electron chi connectivity index (χ0n) is 9.70. The molecule has 1 fully saturated rings. The highest BCUT2D eigenvalue weighted by molar-refractivity contribution is 9.11. The van der Waals surface area contributed by atoms with E-state index >= 15 is 0 Å². The number of carbonyl (C=O) groups excluding carboxylic acids is 1. The van der Waals surface area contributed by atoms with E-state index in [2.05, 4.69) is 41.4 Å². The Hall–Kier alpha value is -0.360. The van der Waals surface area contributed by atoms with Crippen molar-refractivity contribution in [2.24, 2.45) is 5.92 Å². The molecule has 1 aromatic rings. The lowest BCUT2D eigenvalue weighted by Gasteiger charge is -2.32. The van der Waals surface area contributed by atoms with Gasteiger partial charge in [-0.25, -0.2) is 4.98 Å². The molecule has 0 bridgehead atoms. The van der Waals surface area contributed by atoms with Crippen LogP contribution in [0.4, 0.5) is 0 Å². The third-order valence-corrected chi connectivity index (χ3v) is 4.13. The molecule has 0 saturated carbocycles. The molecule has 0 aliphatic carbocycles. The standard InChI is InChI=1S/C11H15Br2N3O/c1-8(17)15-4-2-3-9(5-15)6-16-7-10(12)14-11(16)13/h7,9H,2-6H2,1H3. The van der Waals surface area contributed by atoms with E-state index in [4.69, 9.17) is 0 Å². The van der Waals surface area contributed by atoms with Crippen molar-refractivity contribution in [2.75, 3.05) is 13.1 Å². The van der Waals surface area contributed by atoms with E-state index in [-0.39, 0.29) is 5.91 Å². The van der Waals surface area contributed by atoms with E-state index in [1.54, 1.807) is 6.92 Å². The fraction of sp³-hybridized carbons (Fsp3) is 0.636. The molecule has 1 aliphatic rings. The number of piperidine rings is 1. The zero-order chi connectivity index (χ0) is 12.4. The van der Waals surface area contributed by atoms with Crippen LogP contribution in [0.2, 0.25) is 0 Å². The average Bonchev–Trinajstić information content (AvgIpc) is 2.58. The minimum atomic E-state index is 0.181. The monoisotopic (exact) mass is 363 g/mol. The topological polar surface area (TPSA) is 38.1 Å². The maximum atomic E-state index is 11.4. The minimum absolute atomic E-state index is 0.181. The Bertz CT molecular complexity index is 419. The summed E-state index contributed by atoms with van der Waals surface area (Å²) in [5, 5.41) is 0. The Labute approximate surface area is 118 Å². The Kier molecular flexibility index (Phi) is 4.25. The third-order valence-electron chi connectivity index (χ3n) is 3.12. The normalized spacial score (nSPS) is 20.6. The summed E-state index contributed by atoms with van der Waals surface area (Å²) in [5.74, 6) is 0.700. The molecule has 1 unspecified atom stereocenters. The lowest BCUT2D eigenvalue weighted by atomic mass is 9.98. The van der Waals surface area contributed by atoms with Gasteiger partial charge < -0.3 is 9.47 Å². The summed E-state index contributed by atoms with van der Waals surface area (Å²) in [6.45, 7) is 4.31. The fourth-order valence-corrected chi connectivity index (χ4v) is 3.36. The molecule has 1 saturated heterocycles. The summed E-state index contributed by atoms with van der Waals surface area (Å²) in [5.41, 5.74) is 0. The van der Waals surface area contributed by atoms with Crippen molar-refractivity contribution in [3.63, 3.8) is 0 Å². The van der Waals surface area contributed by atoms with Gasteiger partial charge in [-0.1, -0.05) is 0 Å². The number of halogens is 2. The Morgan fingerprint density at radius 1 is 1.59 bits per heavy atom. The molecule has 0 aromatic carbocycles. The second kappa shape index (κ2) is 5.52. The van der Waals surface area contributed by atoms with E-state index in [1.807, 2.05) is 11.1 Å². The van der Waals surface area contributed by atoms with Gasteiger partial charge in [0.25, 0.3) is 0 Å². The number of carbonyl (C=O) groups is 1. The molecule has 1 aliphatic heterocycles. The number of imidazole rings is 1. The summed E-state index contributed by atoms with van der Waals surface area (Å²) in [6.07, 6.45) is 4.24. The molecule has 6 heteroatoms. The number of rotatable bonds is 2. The van der Waals surface area contributed by atoms with Crippen LogP contribution >= 0.6 is 31.9 Å². The van der Waals surface area contributed by atoms with Crippen LogP contribution in [0.15, 0.2) is 15.5 Å². The molecule has 1 atom stereocenters. The summed E-state index contributed by atoms with van der Waals surface area (Å²) in [6, 6.07) is 0. The first kappa shape index (κ1) is 13.1. The van der Waals surface area contributed by atoms with Crippen LogP contribution in [0.25, 0.3) is 0 Å². The molecule has 0 radical (unpaired) electrons. The Morgan fingerprint density at radius 3 is 2.94 bits per heavy atom. The number of aromatic nitrogens is 2. The Morgan fingerprint density at radius 2 is 2.35 bits per heavy atom. The lowest BCUT2D eigenvalue weighted by Crippen LogP contribution is -2.39. The van der Waals surface area contributed by atoms with Gasteiger partial charge in [0.2, 0.25) is 5.91 Å². The van der Waals surface area contributed by atoms with Gasteiger partial charge in [0, 0.05) is 32.8 Å². The van der Waals surface area contributed by atoms with Gasteiger partial charge in [-0.05, 0) is 50.6 Å². The van der Waals surface area contributed by atoms with Gasteiger partial charge in [-0.3, -0.25) is 4.79 Å². The number of hydrogen-bond donors (Lipinski definition) is 0. The van der Waals surface area contributed by atoms with Crippen LogP contribution in [0.5, 0.6) is 0 Å². The molecule has 17 heavy (non-hydrogen) atoms. The first-order chi connectivity index (χ1) is 8.06. The SMILES string of the molecule is CC(=O)N1CCCC(Cn2cc(Br)nc2Br)C1. The van der Waals surface area contributed by atoms with E-state index in [0.29, 0.717) is 5.92 Å². The van der Waals surface area contributed by atoms with Crippen LogP contribution in [-0.4, -0.2) is 33.4 Å². The molecular weight excluding hydrogens is 350 g/mol. The molecule has 4 nitrogen and oxygen atoms in total. The largest absolute Gasteiger partial charge is 0.343 e. The summed E-state index contributed by atoms with van der Waals surface area (Å²) < 4.78 is 3.76. The lowest BCUT2D eigenvalue weighted by molar-refractivity contribution is -0.130. The molecule has 2 rings (SSSR count). The third kappa shape index (κ3) is 3.31. The van der Waals surface area contributed by atoms with Gasteiger partial charge in [0.15, 0.2) is 4.73 Å². The second-order valence-corrected chi connectivity index (χ2v) is 5.98. The summed E-state index contributed by atoms with van der Waals surface area (Å²) >= 11 is 6.79. The van der Waals surface area contributed by atoms with Crippen molar-refractivity contribution in [1.82, 2.24) is 14.5 Å². The quantitative estimate of drug-likeness (QED) is 0.809. The summed E-state index contributed by atoms with van der Waals surface area (Å²) in [4.78, 5) is 17.5. The van der Waals surface area contributed by atoms with Crippen LogP contribution in [0.1, 0.15) is 19.8 Å².